The average Bonchev–Trinajstić information content (AvgIpc) is 2.63. The fourth-order valence-electron chi connectivity index (χ4n) is 0.831. The maximum Gasteiger partial charge on any atom is 0.363 e. The van der Waals surface area contributed by atoms with Gasteiger partial charge in [-0.25, -0.2) is 19.9 Å². The molecule has 2 aromatic rings. The summed E-state index contributed by atoms with van der Waals surface area (Å²) in [6, 6.07) is 0. The van der Waals surface area contributed by atoms with Crippen molar-refractivity contribution in [1.29, 1.82) is 0 Å². The Hall–Kier alpha value is -2.31. The van der Waals surface area contributed by atoms with Crippen molar-refractivity contribution in [2.75, 3.05) is 0 Å². The minimum absolute atomic E-state index is 0.391. The number of aromatic nitrogens is 5. The molecule has 0 aliphatic rings. The summed E-state index contributed by atoms with van der Waals surface area (Å²) in [5, 5.41) is 9.57. The molecule has 1 N–H and O–H groups in total. The highest BCUT2D eigenvalue weighted by atomic mass is 16.2. The number of nitrogens with one attached hydrogen (secondary N) is 1. The molecule has 7 nitrogen and oxygen atoms in total. The quantitative estimate of drug-likeness (QED) is 0.630. The van der Waals surface area contributed by atoms with Crippen molar-refractivity contribution >= 4 is 6.21 Å². The van der Waals surface area contributed by atoms with Crippen LogP contribution >= 0.6 is 0 Å². The molecule has 2 heterocycles. The number of aromatic amines is 1. The second-order valence-electron chi connectivity index (χ2n) is 2.42. The molecule has 2 rings (SSSR count). The number of rotatable bonds is 2. The summed E-state index contributed by atoms with van der Waals surface area (Å²) in [6.45, 7) is 0. The minimum Gasteiger partial charge on any atom is -0.244 e. The summed E-state index contributed by atoms with van der Waals surface area (Å²) in [6.07, 6.45) is 7.34. The molecule has 0 fully saturated rings. The van der Waals surface area contributed by atoms with E-state index in [0.29, 0.717) is 5.56 Å². The normalized spacial score (nSPS) is 10.9. The van der Waals surface area contributed by atoms with Crippen molar-refractivity contribution in [3.8, 4) is 0 Å². The molecule has 0 aliphatic heterocycles. The van der Waals surface area contributed by atoms with Gasteiger partial charge in [-0.3, -0.25) is 0 Å². The molecule has 2 aromatic heterocycles. The fourth-order valence-corrected chi connectivity index (χ4v) is 0.831. The molecular weight excluding hydrogens is 184 g/mol. The first-order chi connectivity index (χ1) is 6.86. The van der Waals surface area contributed by atoms with E-state index < -0.39 is 5.69 Å². The van der Waals surface area contributed by atoms with Crippen LogP contribution in [0.4, 0.5) is 0 Å². The number of nitrogens with zero attached hydrogens (tertiary/aromatic N) is 5. The summed E-state index contributed by atoms with van der Waals surface area (Å²) < 4.78 is 1.08. The molecule has 0 spiro atoms. The minimum atomic E-state index is -0.391. The third kappa shape index (κ3) is 1.71. The van der Waals surface area contributed by atoms with Crippen LogP contribution in [0.25, 0.3) is 0 Å². The first-order valence-electron chi connectivity index (χ1n) is 3.77. The zero-order valence-corrected chi connectivity index (χ0v) is 7.03. The Morgan fingerprint density at radius 3 is 2.86 bits per heavy atom. The summed E-state index contributed by atoms with van der Waals surface area (Å²) in [5.74, 6) is 0. The zero-order valence-electron chi connectivity index (χ0n) is 7.03. The monoisotopic (exact) mass is 190 g/mol. The van der Waals surface area contributed by atoms with Gasteiger partial charge in [0.1, 0.15) is 12.7 Å². The van der Waals surface area contributed by atoms with Gasteiger partial charge in [0.15, 0.2) is 0 Å². The van der Waals surface area contributed by atoms with Crippen molar-refractivity contribution in [1.82, 2.24) is 24.8 Å². The van der Waals surface area contributed by atoms with Crippen LogP contribution in [-0.4, -0.2) is 31.1 Å². The SMILES string of the molecule is O=c1[nH]ncn1/N=C/c1cncnc1. The van der Waals surface area contributed by atoms with Crippen LogP contribution in [0.15, 0.2) is 34.9 Å². The lowest BCUT2D eigenvalue weighted by Gasteiger charge is -1.89. The summed E-state index contributed by atoms with van der Waals surface area (Å²) in [4.78, 5) is 18.5. The predicted molar refractivity (Wildman–Crippen MR) is 47.9 cm³/mol. The van der Waals surface area contributed by atoms with E-state index >= 15 is 0 Å². The Balaban J connectivity index is 2.24. The molecule has 0 unspecified atom stereocenters. The lowest BCUT2D eigenvalue weighted by atomic mass is 10.4. The summed E-state index contributed by atoms with van der Waals surface area (Å²) >= 11 is 0. The molecule has 0 atom stereocenters. The van der Waals surface area contributed by atoms with Crippen molar-refractivity contribution in [3.05, 3.63) is 41.1 Å². The zero-order chi connectivity index (χ0) is 9.80. The molecular formula is C7H6N6O. The van der Waals surface area contributed by atoms with Gasteiger partial charge in [0.2, 0.25) is 0 Å². The van der Waals surface area contributed by atoms with Gasteiger partial charge in [0.25, 0.3) is 0 Å². The number of hydrogen-bond donors (Lipinski definition) is 1. The van der Waals surface area contributed by atoms with Gasteiger partial charge in [-0.05, 0) is 0 Å². The Bertz CT molecular complexity index is 484. The summed E-state index contributed by atoms with van der Waals surface area (Å²) in [5.41, 5.74) is 0.318. The van der Waals surface area contributed by atoms with E-state index in [0.717, 1.165) is 4.68 Å². The van der Waals surface area contributed by atoms with E-state index in [1.807, 2.05) is 0 Å². The third-order valence-corrected chi connectivity index (χ3v) is 1.45. The molecule has 0 radical (unpaired) electrons. The smallest absolute Gasteiger partial charge is 0.244 e. The van der Waals surface area contributed by atoms with E-state index in [1.54, 1.807) is 12.4 Å². The van der Waals surface area contributed by atoms with Gasteiger partial charge >= 0.3 is 5.69 Å². The van der Waals surface area contributed by atoms with Gasteiger partial charge in [-0.1, -0.05) is 0 Å². The van der Waals surface area contributed by atoms with Gasteiger partial charge in [0, 0.05) is 18.0 Å². The van der Waals surface area contributed by atoms with Gasteiger partial charge in [-0.2, -0.15) is 14.9 Å². The molecule has 0 amide bonds. The van der Waals surface area contributed by atoms with Crippen LogP contribution in [0, 0.1) is 0 Å². The lowest BCUT2D eigenvalue weighted by Crippen LogP contribution is -2.11. The van der Waals surface area contributed by atoms with Crippen molar-refractivity contribution in [2.24, 2.45) is 5.10 Å². The maximum absolute atomic E-state index is 10.9. The molecule has 0 bridgehead atoms. The van der Waals surface area contributed by atoms with Crippen LogP contribution in [0.3, 0.4) is 0 Å². The van der Waals surface area contributed by atoms with Crippen LogP contribution in [-0.2, 0) is 0 Å². The first-order valence-corrected chi connectivity index (χ1v) is 3.77. The third-order valence-electron chi connectivity index (χ3n) is 1.45. The van der Waals surface area contributed by atoms with Crippen LogP contribution in [0.2, 0.25) is 0 Å². The first kappa shape index (κ1) is 8.30. The van der Waals surface area contributed by atoms with Gasteiger partial charge < -0.3 is 0 Å². The second kappa shape index (κ2) is 3.60. The molecule has 0 saturated heterocycles. The molecule has 14 heavy (non-hydrogen) atoms. The lowest BCUT2D eigenvalue weighted by molar-refractivity contribution is 0.834. The topological polar surface area (TPSA) is 88.8 Å². The highest BCUT2D eigenvalue weighted by Gasteiger charge is 1.91. The molecule has 70 valence electrons. The average molecular weight is 190 g/mol. The van der Waals surface area contributed by atoms with E-state index in [-0.39, 0.29) is 0 Å². The Morgan fingerprint density at radius 1 is 1.43 bits per heavy atom. The summed E-state index contributed by atoms with van der Waals surface area (Å²) in [7, 11) is 0. The Kier molecular flexibility index (Phi) is 2.14. The van der Waals surface area contributed by atoms with E-state index in [2.05, 4.69) is 25.3 Å². The van der Waals surface area contributed by atoms with Gasteiger partial charge in [0.05, 0.1) is 6.21 Å². The highest BCUT2D eigenvalue weighted by Crippen LogP contribution is 1.87. The van der Waals surface area contributed by atoms with Crippen LogP contribution in [0.1, 0.15) is 5.56 Å². The second-order valence-corrected chi connectivity index (χ2v) is 2.42. The number of H-pyrrole nitrogens is 1. The van der Waals surface area contributed by atoms with Crippen LogP contribution in [0.5, 0.6) is 0 Å². The van der Waals surface area contributed by atoms with Crippen molar-refractivity contribution < 1.29 is 0 Å². The number of hydrogen-bond acceptors (Lipinski definition) is 5. The molecule has 0 aliphatic carbocycles. The molecule has 0 aromatic carbocycles. The largest absolute Gasteiger partial charge is 0.363 e. The van der Waals surface area contributed by atoms with E-state index in [1.165, 1.54) is 18.9 Å². The standard InChI is InChI=1S/C7H6N6O/c14-7-12-10-5-13(7)11-3-6-1-8-4-9-2-6/h1-5H,(H,12,14)/b11-3+. The Labute approximate surface area is 78.1 Å². The molecule has 0 saturated carbocycles. The van der Waals surface area contributed by atoms with E-state index in [9.17, 15) is 4.79 Å². The van der Waals surface area contributed by atoms with Gasteiger partial charge in [-0.15, -0.1) is 0 Å². The van der Waals surface area contributed by atoms with Crippen molar-refractivity contribution in [3.63, 3.8) is 0 Å². The maximum atomic E-state index is 10.9. The van der Waals surface area contributed by atoms with E-state index in [4.69, 9.17) is 0 Å². The fraction of sp³-hybridized carbons (Fsp3) is 0. The predicted octanol–water partition coefficient (Wildman–Crippen LogP) is -0.756. The van der Waals surface area contributed by atoms with Crippen molar-refractivity contribution in [2.45, 2.75) is 0 Å². The molecule has 7 heteroatoms. The highest BCUT2D eigenvalue weighted by molar-refractivity contribution is 5.78. The Morgan fingerprint density at radius 2 is 2.21 bits per heavy atom. The van der Waals surface area contributed by atoms with Crippen LogP contribution < -0.4 is 5.69 Å².